The molecule has 0 atom stereocenters. The van der Waals surface area contributed by atoms with Crippen LogP contribution in [-0.2, 0) is 35.8 Å². The van der Waals surface area contributed by atoms with Crippen LogP contribution in [0.3, 0.4) is 0 Å². The number of rotatable bonds is 9. The Morgan fingerprint density at radius 2 is 1.63 bits per heavy atom. The summed E-state index contributed by atoms with van der Waals surface area (Å²) in [5, 5.41) is 2.87. The van der Waals surface area contributed by atoms with Crippen molar-refractivity contribution < 1.29 is 18.7 Å². The molecule has 27 heavy (non-hydrogen) atoms. The van der Waals surface area contributed by atoms with Gasteiger partial charge in [0.25, 0.3) is 5.91 Å². The van der Waals surface area contributed by atoms with E-state index in [4.69, 9.17) is 13.9 Å². The van der Waals surface area contributed by atoms with Crippen molar-refractivity contribution in [1.29, 1.82) is 0 Å². The Labute approximate surface area is 158 Å². The molecule has 0 fully saturated rings. The highest BCUT2D eigenvalue weighted by Crippen LogP contribution is 2.11. The molecular formula is C22H23NO4. The van der Waals surface area contributed by atoms with E-state index < -0.39 is 0 Å². The molecule has 1 aromatic heterocycles. The summed E-state index contributed by atoms with van der Waals surface area (Å²) in [6, 6.07) is 21.4. The summed E-state index contributed by atoms with van der Waals surface area (Å²) in [7, 11) is 1.58. The smallest absolute Gasteiger partial charge is 0.287 e. The summed E-state index contributed by atoms with van der Waals surface area (Å²) in [6.07, 6.45) is 0. The van der Waals surface area contributed by atoms with Gasteiger partial charge < -0.3 is 19.2 Å². The molecule has 0 unspecified atom stereocenters. The van der Waals surface area contributed by atoms with Gasteiger partial charge in [-0.1, -0.05) is 54.6 Å². The number of amides is 1. The minimum Gasteiger partial charge on any atom is -0.453 e. The van der Waals surface area contributed by atoms with Crippen LogP contribution in [0.15, 0.2) is 71.1 Å². The zero-order valence-electron chi connectivity index (χ0n) is 15.3. The third-order valence-corrected chi connectivity index (χ3v) is 4.00. The number of hydrogen-bond donors (Lipinski definition) is 1. The summed E-state index contributed by atoms with van der Waals surface area (Å²) >= 11 is 0. The Morgan fingerprint density at radius 3 is 2.44 bits per heavy atom. The fourth-order valence-corrected chi connectivity index (χ4v) is 2.68. The van der Waals surface area contributed by atoms with E-state index in [2.05, 4.69) is 5.32 Å². The van der Waals surface area contributed by atoms with Crippen LogP contribution in [0.1, 0.15) is 33.0 Å². The lowest BCUT2D eigenvalue weighted by atomic mass is 10.1. The lowest BCUT2D eigenvalue weighted by Crippen LogP contribution is -2.22. The molecule has 0 aliphatic carbocycles. The monoisotopic (exact) mass is 365 g/mol. The van der Waals surface area contributed by atoms with E-state index in [1.54, 1.807) is 19.2 Å². The van der Waals surface area contributed by atoms with Gasteiger partial charge in [-0.05, 0) is 28.8 Å². The Morgan fingerprint density at radius 1 is 0.889 bits per heavy atom. The van der Waals surface area contributed by atoms with Crippen LogP contribution in [0, 0.1) is 0 Å². The summed E-state index contributed by atoms with van der Waals surface area (Å²) in [5.74, 6) is 0.660. The van der Waals surface area contributed by atoms with Crippen molar-refractivity contribution in [1.82, 2.24) is 5.32 Å². The first-order chi connectivity index (χ1) is 13.2. The molecule has 0 saturated heterocycles. The van der Waals surface area contributed by atoms with Crippen molar-refractivity contribution >= 4 is 5.91 Å². The number of furan rings is 1. The molecule has 2 aromatic carbocycles. The first-order valence-electron chi connectivity index (χ1n) is 8.80. The molecule has 3 aromatic rings. The van der Waals surface area contributed by atoms with Gasteiger partial charge in [0.1, 0.15) is 12.4 Å². The maximum atomic E-state index is 12.2. The van der Waals surface area contributed by atoms with Gasteiger partial charge in [0, 0.05) is 13.7 Å². The average molecular weight is 365 g/mol. The van der Waals surface area contributed by atoms with Gasteiger partial charge in [-0.2, -0.15) is 0 Å². The van der Waals surface area contributed by atoms with Gasteiger partial charge in [-0.15, -0.1) is 0 Å². The number of nitrogens with one attached hydrogen (secondary N) is 1. The summed E-state index contributed by atoms with van der Waals surface area (Å²) in [6.45, 7) is 1.86. The van der Waals surface area contributed by atoms with Crippen molar-refractivity contribution in [3.8, 4) is 0 Å². The summed E-state index contributed by atoms with van der Waals surface area (Å²) in [4.78, 5) is 12.2. The minimum absolute atomic E-state index is 0.247. The molecule has 0 saturated carbocycles. The largest absolute Gasteiger partial charge is 0.453 e. The van der Waals surface area contributed by atoms with Gasteiger partial charge in [0.2, 0.25) is 0 Å². The maximum Gasteiger partial charge on any atom is 0.287 e. The molecule has 0 bridgehead atoms. The first-order valence-corrected chi connectivity index (χ1v) is 8.80. The second-order valence-electron chi connectivity index (χ2n) is 6.18. The lowest BCUT2D eigenvalue weighted by molar-refractivity contribution is 0.0914. The highest BCUT2D eigenvalue weighted by molar-refractivity contribution is 5.91. The SMILES string of the molecule is COCc1ccc(C(=O)NCc2cccc(COCc3ccccc3)c2)o1. The molecule has 1 N–H and O–H groups in total. The fourth-order valence-electron chi connectivity index (χ4n) is 2.68. The number of methoxy groups -OCH3 is 1. The van der Waals surface area contributed by atoms with Gasteiger partial charge in [-0.3, -0.25) is 4.79 Å². The van der Waals surface area contributed by atoms with Crippen LogP contribution in [-0.4, -0.2) is 13.0 Å². The molecule has 5 nitrogen and oxygen atoms in total. The lowest BCUT2D eigenvalue weighted by Gasteiger charge is -2.08. The highest BCUT2D eigenvalue weighted by Gasteiger charge is 2.11. The summed E-state index contributed by atoms with van der Waals surface area (Å²) in [5.41, 5.74) is 3.22. The van der Waals surface area contributed by atoms with Crippen molar-refractivity contribution in [2.75, 3.05) is 7.11 Å². The molecule has 3 rings (SSSR count). The van der Waals surface area contributed by atoms with E-state index in [0.717, 1.165) is 16.7 Å². The molecule has 0 aliphatic heterocycles. The second-order valence-corrected chi connectivity index (χ2v) is 6.18. The van der Waals surface area contributed by atoms with Crippen molar-refractivity contribution in [3.05, 3.63) is 94.9 Å². The second kappa shape index (κ2) is 9.71. The molecular weight excluding hydrogens is 342 g/mol. The van der Waals surface area contributed by atoms with Gasteiger partial charge in [-0.25, -0.2) is 0 Å². The molecule has 0 aliphatic rings. The Balaban J connectivity index is 1.48. The number of carbonyl (C=O) groups excluding carboxylic acids is 1. The zero-order chi connectivity index (χ0) is 18.9. The topological polar surface area (TPSA) is 60.7 Å². The zero-order valence-corrected chi connectivity index (χ0v) is 15.3. The van der Waals surface area contributed by atoms with E-state index in [9.17, 15) is 4.79 Å². The highest BCUT2D eigenvalue weighted by atomic mass is 16.5. The molecule has 0 radical (unpaired) electrons. The van der Waals surface area contributed by atoms with E-state index in [0.29, 0.717) is 32.1 Å². The molecule has 5 heteroatoms. The van der Waals surface area contributed by atoms with Gasteiger partial charge in [0.15, 0.2) is 5.76 Å². The standard InChI is InChI=1S/C22H23NO4/c1-25-16-20-10-11-21(27-20)22(24)23-13-18-8-5-9-19(12-18)15-26-14-17-6-3-2-4-7-17/h2-12H,13-16H2,1H3,(H,23,24). The first kappa shape index (κ1) is 18.9. The van der Waals surface area contributed by atoms with Gasteiger partial charge >= 0.3 is 0 Å². The van der Waals surface area contributed by atoms with Crippen LogP contribution in [0.4, 0.5) is 0 Å². The van der Waals surface area contributed by atoms with E-state index in [1.165, 1.54) is 0 Å². The summed E-state index contributed by atoms with van der Waals surface area (Å²) < 4.78 is 16.2. The van der Waals surface area contributed by atoms with Crippen LogP contribution >= 0.6 is 0 Å². The van der Waals surface area contributed by atoms with Crippen LogP contribution in [0.5, 0.6) is 0 Å². The van der Waals surface area contributed by atoms with E-state index in [1.807, 2.05) is 54.6 Å². The van der Waals surface area contributed by atoms with Gasteiger partial charge in [0.05, 0.1) is 13.2 Å². The van der Waals surface area contributed by atoms with E-state index in [-0.39, 0.29) is 11.7 Å². The predicted octanol–water partition coefficient (Wildman–Crippen LogP) is 4.07. The minimum atomic E-state index is -0.247. The maximum absolute atomic E-state index is 12.2. The molecule has 0 spiro atoms. The van der Waals surface area contributed by atoms with Crippen molar-refractivity contribution in [2.24, 2.45) is 0 Å². The van der Waals surface area contributed by atoms with Crippen LogP contribution in [0.25, 0.3) is 0 Å². The fraction of sp³-hybridized carbons (Fsp3) is 0.227. The van der Waals surface area contributed by atoms with E-state index >= 15 is 0 Å². The average Bonchev–Trinajstić information content (AvgIpc) is 3.16. The normalized spacial score (nSPS) is 10.7. The Bertz CT molecular complexity index is 858. The Kier molecular flexibility index (Phi) is 6.79. The van der Waals surface area contributed by atoms with Crippen LogP contribution in [0.2, 0.25) is 0 Å². The number of carbonyl (C=O) groups is 1. The number of ether oxygens (including phenoxy) is 2. The number of benzene rings is 2. The Hall–Kier alpha value is -2.89. The van der Waals surface area contributed by atoms with Crippen molar-refractivity contribution in [2.45, 2.75) is 26.4 Å². The number of hydrogen-bond acceptors (Lipinski definition) is 4. The third-order valence-electron chi connectivity index (χ3n) is 4.00. The molecule has 1 amide bonds. The quantitative estimate of drug-likeness (QED) is 0.621. The van der Waals surface area contributed by atoms with Crippen molar-refractivity contribution in [3.63, 3.8) is 0 Å². The third kappa shape index (κ3) is 5.81. The van der Waals surface area contributed by atoms with Crippen LogP contribution < -0.4 is 5.32 Å². The molecule has 140 valence electrons. The predicted molar refractivity (Wildman–Crippen MR) is 102 cm³/mol. The molecule has 1 heterocycles.